The van der Waals surface area contributed by atoms with E-state index in [2.05, 4.69) is 30.8 Å². The quantitative estimate of drug-likeness (QED) is 0.809. The van der Waals surface area contributed by atoms with Crippen molar-refractivity contribution in [1.29, 1.82) is 0 Å². The summed E-state index contributed by atoms with van der Waals surface area (Å²) in [6.45, 7) is 6.56. The molecule has 1 aromatic carbocycles. The molecule has 0 aromatic heterocycles. The van der Waals surface area contributed by atoms with Crippen molar-refractivity contribution in [3.63, 3.8) is 0 Å². The molecule has 0 aliphatic heterocycles. The summed E-state index contributed by atoms with van der Waals surface area (Å²) in [5, 5.41) is 3.38. The van der Waals surface area contributed by atoms with Crippen LogP contribution in [0.25, 0.3) is 0 Å². The monoisotopic (exact) mass is 284 g/mol. The Labute approximate surface area is 116 Å². The van der Waals surface area contributed by atoms with E-state index in [4.69, 9.17) is 0 Å². The molecule has 0 amide bonds. The van der Waals surface area contributed by atoms with Crippen molar-refractivity contribution in [2.24, 2.45) is 5.92 Å². The predicted octanol–water partition coefficient (Wildman–Crippen LogP) is 2.83. The Bertz CT molecular complexity index is 481. The third-order valence-electron chi connectivity index (χ3n) is 3.02. The van der Waals surface area contributed by atoms with Gasteiger partial charge in [-0.2, -0.15) is 0 Å². The average Bonchev–Trinajstić information content (AvgIpc) is 2.37. The van der Waals surface area contributed by atoms with Gasteiger partial charge >= 0.3 is 0 Å². The first-order valence-corrected chi connectivity index (χ1v) is 8.13. The molecule has 0 saturated carbocycles. The van der Waals surface area contributed by atoms with Crippen molar-refractivity contribution in [2.45, 2.75) is 44.6 Å². The molecule has 1 rings (SSSR count). The summed E-state index contributed by atoms with van der Waals surface area (Å²) in [4.78, 5) is 0.287. The molecule has 0 fully saturated rings. The molecule has 108 valence electrons. The lowest BCUT2D eigenvalue weighted by atomic mass is 10.0. The van der Waals surface area contributed by atoms with Gasteiger partial charge in [0.05, 0.1) is 4.90 Å². The molecule has 1 unspecified atom stereocenters. The standard InChI is InChI=1S/C14H24N2O2S/c1-11(2)5-6-12(3)16-13-7-9-14(10-8-13)19(17,18)15-4/h7-12,15-16H,5-6H2,1-4H3. The van der Waals surface area contributed by atoms with Gasteiger partial charge in [0.15, 0.2) is 0 Å². The van der Waals surface area contributed by atoms with Gasteiger partial charge in [0.2, 0.25) is 10.0 Å². The van der Waals surface area contributed by atoms with Gasteiger partial charge in [-0.1, -0.05) is 13.8 Å². The first kappa shape index (κ1) is 16.0. The van der Waals surface area contributed by atoms with E-state index >= 15 is 0 Å². The minimum absolute atomic E-state index is 0.287. The average molecular weight is 284 g/mol. The van der Waals surface area contributed by atoms with Crippen LogP contribution in [-0.2, 0) is 10.0 Å². The lowest BCUT2D eigenvalue weighted by Crippen LogP contribution is -2.19. The zero-order valence-electron chi connectivity index (χ0n) is 12.1. The highest BCUT2D eigenvalue weighted by Gasteiger charge is 2.11. The molecule has 4 nitrogen and oxygen atoms in total. The molecule has 0 saturated heterocycles. The summed E-state index contributed by atoms with van der Waals surface area (Å²) < 4.78 is 25.5. The van der Waals surface area contributed by atoms with Crippen molar-refractivity contribution >= 4 is 15.7 Å². The van der Waals surface area contributed by atoms with Crippen molar-refractivity contribution in [1.82, 2.24) is 4.72 Å². The number of nitrogens with one attached hydrogen (secondary N) is 2. The van der Waals surface area contributed by atoms with Crippen molar-refractivity contribution in [3.05, 3.63) is 24.3 Å². The van der Waals surface area contributed by atoms with Gasteiger partial charge in [0, 0.05) is 11.7 Å². The second kappa shape index (κ2) is 6.91. The van der Waals surface area contributed by atoms with E-state index in [1.54, 1.807) is 24.3 Å². The van der Waals surface area contributed by atoms with Crippen LogP contribution < -0.4 is 10.0 Å². The fraction of sp³-hybridized carbons (Fsp3) is 0.571. The van der Waals surface area contributed by atoms with Crippen molar-refractivity contribution < 1.29 is 8.42 Å². The highest BCUT2D eigenvalue weighted by molar-refractivity contribution is 7.89. The van der Waals surface area contributed by atoms with E-state index in [1.807, 2.05) is 0 Å². The molecule has 0 aliphatic rings. The molecular weight excluding hydrogens is 260 g/mol. The highest BCUT2D eigenvalue weighted by Crippen LogP contribution is 2.16. The van der Waals surface area contributed by atoms with Crippen LogP contribution >= 0.6 is 0 Å². The molecule has 0 heterocycles. The van der Waals surface area contributed by atoms with E-state index in [-0.39, 0.29) is 4.90 Å². The van der Waals surface area contributed by atoms with Crippen molar-refractivity contribution in [2.75, 3.05) is 12.4 Å². The Kier molecular flexibility index (Phi) is 5.82. The number of hydrogen-bond donors (Lipinski definition) is 2. The minimum Gasteiger partial charge on any atom is -0.383 e. The van der Waals surface area contributed by atoms with E-state index in [0.717, 1.165) is 12.1 Å². The van der Waals surface area contributed by atoms with Crippen LogP contribution in [0.4, 0.5) is 5.69 Å². The second-order valence-electron chi connectivity index (χ2n) is 5.25. The Balaban J connectivity index is 2.62. The number of anilines is 1. The Morgan fingerprint density at radius 1 is 1.05 bits per heavy atom. The topological polar surface area (TPSA) is 58.2 Å². The molecule has 0 aliphatic carbocycles. The van der Waals surface area contributed by atoms with E-state index in [9.17, 15) is 8.42 Å². The molecular formula is C14H24N2O2S. The van der Waals surface area contributed by atoms with Crippen LogP contribution in [0.2, 0.25) is 0 Å². The maximum atomic E-state index is 11.6. The molecule has 1 aromatic rings. The third-order valence-corrected chi connectivity index (χ3v) is 4.45. The Morgan fingerprint density at radius 3 is 2.11 bits per heavy atom. The maximum Gasteiger partial charge on any atom is 0.240 e. The Hall–Kier alpha value is -1.07. The maximum absolute atomic E-state index is 11.6. The summed E-state index contributed by atoms with van der Waals surface area (Å²) in [5.41, 5.74) is 0.950. The van der Waals surface area contributed by atoms with Gasteiger partial charge in [0.1, 0.15) is 0 Å². The normalized spacial score (nSPS) is 13.5. The van der Waals surface area contributed by atoms with E-state index in [1.165, 1.54) is 13.5 Å². The molecule has 0 bridgehead atoms. The number of sulfonamides is 1. The molecule has 5 heteroatoms. The van der Waals surface area contributed by atoms with Gasteiger partial charge in [-0.25, -0.2) is 13.1 Å². The molecule has 1 atom stereocenters. The van der Waals surface area contributed by atoms with Gasteiger partial charge in [-0.3, -0.25) is 0 Å². The molecule has 0 radical (unpaired) electrons. The zero-order valence-corrected chi connectivity index (χ0v) is 12.9. The summed E-state index contributed by atoms with van der Waals surface area (Å²) in [6.07, 6.45) is 2.29. The minimum atomic E-state index is -3.34. The number of hydrogen-bond acceptors (Lipinski definition) is 3. The Morgan fingerprint density at radius 2 is 1.63 bits per heavy atom. The molecule has 2 N–H and O–H groups in total. The number of benzene rings is 1. The van der Waals surface area contributed by atoms with E-state index in [0.29, 0.717) is 12.0 Å². The predicted molar refractivity (Wildman–Crippen MR) is 79.8 cm³/mol. The van der Waals surface area contributed by atoms with Gasteiger partial charge < -0.3 is 5.32 Å². The summed E-state index contributed by atoms with van der Waals surface area (Å²) in [7, 11) is -1.93. The van der Waals surface area contributed by atoms with Crippen LogP contribution in [0.3, 0.4) is 0 Å². The third kappa shape index (κ3) is 5.20. The first-order chi connectivity index (χ1) is 8.85. The van der Waals surface area contributed by atoms with Crippen LogP contribution in [0.1, 0.15) is 33.6 Å². The van der Waals surface area contributed by atoms with Gasteiger partial charge in [0.25, 0.3) is 0 Å². The fourth-order valence-corrected chi connectivity index (χ4v) is 2.52. The summed E-state index contributed by atoms with van der Waals surface area (Å²) in [5.74, 6) is 0.701. The smallest absolute Gasteiger partial charge is 0.240 e. The SMILES string of the molecule is CNS(=O)(=O)c1ccc(NC(C)CCC(C)C)cc1. The van der Waals surface area contributed by atoms with Crippen LogP contribution in [0.5, 0.6) is 0 Å². The molecule has 0 spiro atoms. The fourth-order valence-electron chi connectivity index (χ4n) is 1.79. The summed E-state index contributed by atoms with van der Waals surface area (Å²) >= 11 is 0. The lowest BCUT2D eigenvalue weighted by Gasteiger charge is -2.16. The van der Waals surface area contributed by atoms with Crippen LogP contribution in [0.15, 0.2) is 29.2 Å². The summed E-state index contributed by atoms with van der Waals surface area (Å²) in [6, 6.07) is 7.22. The molecule has 19 heavy (non-hydrogen) atoms. The largest absolute Gasteiger partial charge is 0.383 e. The highest BCUT2D eigenvalue weighted by atomic mass is 32.2. The van der Waals surface area contributed by atoms with Gasteiger partial charge in [-0.15, -0.1) is 0 Å². The number of rotatable bonds is 7. The van der Waals surface area contributed by atoms with Gasteiger partial charge in [-0.05, 0) is 57.0 Å². The van der Waals surface area contributed by atoms with Crippen molar-refractivity contribution in [3.8, 4) is 0 Å². The van der Waals surface area contributed by atoms with E-state index < -0.39 is 10.0 Å². The van der Waals surface area contributed by atoms with Crippen LogP contribution in [0, 0.1) is 5.92 Å². The lowest BCUT2D eigenvalue weighted by molar-refractivity contribution is 0.527. The van der Waals surface area contributed by atoms with Crippen LogP contribution in [-0.4, -0.2) is 21.5 Å². The second-order valence-corrected chi connectivity index (χ2v) is 7.14. The first-order valence-electron chi connectivity index (χ1n) is 6.65. The zero-order chi connectivity index (χ0) is 14.5.